The average molecular weight is 185 g/mol. The summed E-state index contributed by atoms with van der Waals surface area (Å²) >= 11 is 2.10. The number of thioether (sulfide) groups is 1. The summed E-state index contributed by atoms with van der Waals surface area (Å²) in [6.07, 6.45) is 5.89. The molecule has 1 aliphatic rings. The van der Waals surface area contributed by atoms with Crippen LogP contribution in [0.3, 0.4) is 0 Å². The Morgan fingerprint density at radius 2 is 2.17 bits per heavy atom. The molecule has 1 N–H and O–H groups in total. The summed E-state index contributed by atoms with van der Waals surface area (Å²) in [6, 6.07) is 0. The molecule has 0 radical (unpaired) electrons. The largest absolute Gasteiger partial charge is 0.316 e. The van der Waals surface area contributed by atoms with E-state index in [2.05, 4.69) is 23.7 Å². The monoisotopic (exact) mass is 185 g/mol. The van der Waals surface area contributed by atoms with E-state index in [-0.39, 0.29) is 0 Å². The highest BCUT2D eigenvalue weighted by atomic mass is 32.2. The predicted octanol–water partition coefficient (Wildman–Crippen LogP) is 2.30. The molecule has 0 aromatic rings. The summed E-state index contributed by atoms with van der Waals surface area (Å²) in [4.78, 5) is 0. The van der Waals surface area contributed by atoms with E-state index in [1.165, 1.54) is 30.9 Å². The quantitative estimate of drug-likeness (QED) is 0.521. The molecule has 0 bridgehead atoms. The number of nitrogens with one attached hydrogen (secondary N) is 1. The molecule has 1 aliphatic heterocycles. The molecule has 0 atom stereocenters. The Bertz CT molecular complexity index is 119. The van der Waals surface area contributed by atoms with Crippen molar-refractivity contribution < 1.29 is 0 Å². The van der Waals surface area contributed by atoms with Gasteiger partial charge in [-0.3, -0.25) is 0 Å². The lowest BCUT2D eigenvalue weighted by Crippen LogP contribution is -2.26. The first-order chi connectivity index (χ1) is 5.93. The fraction of sp³-hybridized carbons (Fsp3) is 0.800. The number of hydrogen-bond acceptors (Lipinski definition) is 2. The van der Waals surface area contributed by atoms with Gasteiger partial charge in [-0.05, 0) is 49.8 Å². The third-order valence-electron chi connectivity index (χ3n) is 2.30. The summed E-state index contributed by atoms with van der Waals surface area (Å²) < 4.78 is 0. The van der Waals surface area contributed by atoms with Gasteiger partial charge in [-0.15, -0.1) is 6.58 Å². The van der Waals surface area contributed by atoms with Crippen LogP contribution in [0.1, 0.15) is 19.3 Å². The SMILES string of the molecule is C=CCCNCC1CCSCC1. The third-order valence-corrected chi connectivity index (χ3v) is 3.35. The van der Waals surface area contributed by atoms with E-state index in [0.29, 0.717) is 0 Å². The van der Waals surface area contributed by atoms with Crippen LogP contribution in [0.4, 0.5) is 0 Å². The first-order valence-corrected chi connectivity index (χ1v) is 5.98. The average Bonchev–Trinajstić information content (AvgIpc) is 2.14. The first kappa shape index (κ1) is 10.1. The van der Waals surface area contributed by atoms with Crippen molar-refractivity contribution in [3.8, 4) is 0 Å². The highest BCUT2D eigenvalue weighted by Gasteiger charge is 2.12. The van der Waals surface area contributed by atoms with Crippen molar-refractivity contribution in [3.63, 3.8) is 0 Å². The van der Waals surface area contributed by atoms with Gasteiger partial charge in [0.15, 0.2) is 0 Å². The van der Waals surface area contributed by atoms with Gasteiger partial charge in [0.25, 0.3) is 0 Å². The maximum atomic E-state index is 3.70. The summed E-state index contributed by atoms with van der Waals surface area (Å²) in [6.45, 7) is 6.02. The summed E-state index contributed by atoms with van der Waals surface area (Å²) in [7, 11) is 0. The zero-order valence-electron chi connectivity index (χ0n) is 7.72. The molecule has 2 heteroatoms. The molecule has 0 aromatic carbocycles. The molecule has 0 aromatic heterocycles. The van der Waals surface area contributed by atoms with Crippen molar-refractivity contribution in [2.75, 3.05) is 24.6 Å². The Labute approximate surface area is 80.0 Å². The second-order valence-corrected chi connectivity index (χ2v) is 4.56. The molecule has 0 amide bonds. The normalized spacial score (nSPS) is 19.3. The van der Waals surface area contributed by atoms with E-state index in [4.69, 9.17) is 0 Å². The van der Waals surface area contributed by atoms with E-state index in [1.807, 2.05) is 6.08 Å². The van der Waals surface area contributed by atoms with Crippen LogP contribution in [-0.2, 0) is 0 Å². The third kappa shape index (κ3) is 4.17. The second kappa shape index (κ2) is 6.55. The molecule has 1 fully saturated rings. The highest BCUT2D eigenvalue weighted by Crippen LogP contribution is 2.21. The van der Waals surface area contributed by atoms with Gasteiger partial charge in [0, 0.05) is 0 Å². The van der Waals surface area contributed by atoms with Crippen LogP contribution in [0.5, 0.6) is 0 Å². The Balaban J connectivity index is 1.94. The molecule has 1 heterocycles. The van der Waals surface area contributed by atoms with E-state index in [1.54, 1.807) is 0 Å². The van der Waals surface area contributed by atoms with Gasteiger partial charge in [0.05, 0.1) is 0 Å². The van der Waals surface area contributed by atoms with Crippen molar-refractivity contribution >= 4 is 11.8 Å². The lowest BCUT2D eigenvalue weighted by molar-refractivity contribution is 0.451. The molecule has 1 nitrogen and oxygen atoms in total. The van der Waals surface area contributed by atoms with Crippen molar-refractivity contribution in [3.05, 3.63) is 12.7 Å². The summed E-state index contributed by atoms with van der Waals surface area (Å²) in [5.74, 6) is 3.68. The van der Waals surface area contributed by atoms with Crippen LogP contribution in [0, 0.1) is 5.92 Å². The van der Waals surface area contributed by atoms with Gasteiger partial charge in [-0.2, -0.15) is 11.8 Å². The van der Waals surface area contributed by atoms with Crippen molar-refractivity contribution in [2.24, 2.45) is 5.92 Å². The van der Waals surface area contributed by atoms with Gasteiger partial charge in [-0.1, -0.05) is 6.08 Å². The van der Waals surface area contributed by atoms with Gasteiger partial charge < -0.3 is 5.32 Å². The Hall–Kier alpha value is 0.0500. The Morgan fingerprint density at radius 3 is 2.83 bits per heavy atom. The van der Waals surface area contributed by atoms with Gasteiger partial charge in [0.2, 0.25) is 0 Å². The van der Waals surface area contributed by atoms with Gasteiger partial charge >= 0.3 is 0 Å². The lowest BCUT2D eigenvalue weighted by atomic mass is 10.0. The van der Waals surface area contributed by atoms with Gasteiger partial charge in [0.1, 0.15) is 0 Å². The topological polar surface area (TPSA) is 12.0 Å². The lowest BCUT2D eigenvalue weighted by Gasteiger charge is -2.21. The standard InChI is InChI=1S/C10H19NS/c1-2-3-6-11-9-10-4-7-12-8-5-10/h2,10-11H,1,3-9H2. The van der Waals surface area contributed by atoms with Crippen LogP contribution < -0.4 is 5.32 Å². The summed E-state index contributed by atoms with van der Waals surface area (Å²) in [5, 5.41) is 3.48. The minimum Gasteiger partial charge on any atom is -0.316 e. The van der Waals surface area contributed by atoms with E-state index >= 15 is 0 Å². The van der Waals surface area contributed by atoms with Crippen LogP contribution in [0.15, 0.2) is 12.7 Å². The Morgan fingerprint density at radius 1 is 1.42 bits per heavy atom. The molecule has 1 saturated heterocycles. The molecular formula is C10H19NS. The van der Waals surface area contributed by atoms with E-state index in [0.717, 1.165) is 18.9 Å². The second-order valence-electron chi connectivity index (χ2n) is 3.34. The van der Waals surface area contributed by atoms with Gasteiger partial charge in [-0.25, -0.2) is 0 Å². The fourth-order valence-corrected chi connectivity index (χ4v) is 2.66. The van der Waals surface area contributed by atoms with Crippen LogP contribution in [-0.4, -0.2) is 24.6 Å². The zero-order valence-corrected chi connectivity index (χ0v) is 8.54. The Kier molecular flexibility index (Phi) is 5.53. The maximum Gasteiger partial charge on any atom is -0.00143 e. The molecule has 0 spiro atoms. The smallest absolute Gasteiger partial charge is 0.00143 e. The van der Waals surface area contributed by atoms with Crippen LogP contribution in [0.2, 0.25) is 0 Å². The zero-order chi connectivity index (χ0) is 8.65. The highest BCUT2D eigenvalue weighted by molar-refractivity contribution is 7.99. The van der Waals surface area contributed by atoms with E-state index < -0.39 is 0 Å². The van der Waals surface area contributed by atoms with Crippen molar-refractivity contribution in [2.45, 2.75) is 19.3 Å². The minimum absolute atomic E-state index is 0.941. The number of hydrogen-bond donors (Lipinski definition) is 1. The molecule has 1 rings (SSSR count). The van der Waals surface area contributed by atoms with Crippen molar-refractivity contribution in [1.82, 2.24) is 5.32 Å². The molecular weight excluding hydrogens is 166 g/mol. The molecule has 12 heavy (non-hydrogen) atoms. The van der Waals surface area contributed by atoms with E-state index in [9.17, 15) is 0 Å². The summed E-state index contributed by atoms with van der Waals surface area (Å²) in [5.41, 5.74) is 0. The van der Waals surface area contributed by atoms with Crippen molar-refractivity contribution in [1.29, 1.82) is 0 Å². The number of rotatable bonds is 5. The predicted molar refractivity (Wildman–Crippen MR) is 57.7 cm³/mol. The molecule has 0 unspecified atom stereocenters. The van der Waals surface area contributed by atoms with Crippen LogP contribution in [0.25, 0.3) is 0 Å². The molecule has 0 saturated carbocycles. The maximum absolute atomic E-state index is 3.70. The van der Waals surface area contributed by atoms with Crippen LogP contribution >= 0.6 is 11.8 Å². The molecule has 70 valence electrons. The fourth-order valence-electron chi connectivity index (χ4n) is 1.46. The molecule has 0 aliphatic carbocycles. The first-order valence-electron chi connectivity index (χ1n) is 4.83. The minimum atomic E-state index is 0.941.